The van der Waals surface area contributed by atoms with Crippen LogP contribution in [0.3, 0.4) is 0 Å². The van der Waals surface area contributed by atoms with Gasteiger partial charge in [0, 0.05) is 13.3 Å². The van der Waals surface area contributed by atoms with Gasteiger partial charge in [-0.1, -0.05) is 23.2 Å². The molecule has 1 unspecified atom stereocenters. The van der Waals surface area contributed by atoms with Crippen LogP contribution in [0.1, 0.15) is 30.1 Å². The van der Waals surface area contributed by atoms with E-state index in [0.29, 0.717) is 0 Å². The third-order valence-electron chi connectivity index (χ3n) is 2.87. The van der Waals surface area contributed by atoms with Crippen LogP contribution in [-0.2, 0) is 14.4 Å². The Morgan fingerprint density at radius 1 is 1.32 bits per heavy atom. The van der Waals surface area contributed by atoms with Crippen molar-refractivity contribution in [2.75, 3.05) is 5.32 Å². The number of imide groups is 1. The van der Waals surface area contributed by atoms with Gasteiger partial charge in [-0.15, -0.1) is 11.3 Å². The molecule has 0 spiro atoms. The average Bonchev–Trinajstić information content (AvgIpc) is 2.67. The van der Waals surface area contributed by atoms with Gasteiger partial charge in [-0.3, -0.25) is 24.5 Å². The minimum atomic E-state index is -0.842. The number of anilines is 1. The maximum absolute atomic E-state index is 12.3. The highest BCUT2D eigenvalue weighted by molar-refractivity contribution is 7.21. The van der Waals surface area contributed by atoms with E-state index in [4.69, 9.17) is 23.2 Å². The van der Waals surface area contributed by atoms with Crippen LogP contribution in [0.4, 0.5) is 5.00 Å². The maximum atomic E-state index is 12.3. The van der Waals surface area contributed by atoms with Crippen LogP contribution in [0.15, 0.2) is 0 Å². The average molecular weight is 364 g/mol. The van der Waals surface area contributed by atoms with Gasteiger partial charge < -0.3 is 10.6 Å². The molecular weight excluding hydrogens is 353 g/mol. The molecule has 118 valence electrons. The number of halogens is 2. The van der Waals surface area contributed by atoms with Crippen molar-refractivity contribution >= 4 is 63.2 Å². The summed E-state index contributed by atoms with van der Waals surface area (Å²) in [6, 6.07) is -0.842. The monoisotopic (exact) mass is 363 g/mol. The van der Waals surface area contributed by atoms with E-state index in [1.54, 1.807) is 0 Å². The molecule has 1 aliphatic rings. The molecule has 10 heteroatoms. The van der Waals surface area contributed by atoms with Crippen molar-refractivity contribution in [2.45, 2.75) is 25.8 Å². The maximum Gasteiger partial charge on any atom is 0.256 e. The summed E-state index contributed by atoms with van der Waals surface area (Å²) in [6.07, 6.45) is 0.328. The first-order valence-electron chi connectivity index (χ1n) is 6.19. The molecule has 1 saturated heterocycles. The number of hydrogen-bond donors (Lipinski definition) is 3. The summed E-state index contributed by atoms with van der Waals surface area (Å²) in [7, 11) is 0. The number of amides is 4. The molecular formula is C12H11Cl2N3O4S. The van der Waals surface area contributed by atoms with Gasteiger partial charge in [0.1, 0.15) is 15.4 Å². The molecule has 22 heavy (non-hydrogen) atoms. The van der Waals surface area contributed by atoms with Crippen LogP contribution >= 0.6 is 34.5 Å². The number of carbonyl (C=O) groups is 4. The summed E-state index contributed by atoms with van der Waals surface area (Å²) in [6.45, 7) is 1.28. The molecule has 3 N–H and O–H groups in total. The van der Waals surface area contributed by atoms with E-state index in [1.807, 2.05) is 0 Å². The minimum Gasteiger partial charge on any atom is -0.340 e. The standard InChI is InChI=1S/C12H11Cl2N3O4S/c1-4(18)15-12-7(8(13)9(14)22-12)11(21)16-5-2-3-6(19)17-10(5)20/h5H,2-3H2,1H3,(H,15,18)(H,16,21)(H,17,19,20). The topological polar surface area (TPSA) is 104 Å². The van der Waals surface area contributed by atoms with Crippen molar-refractivity contribution in [3.05, 3.63) is 14.9 Å². The predicted octanol–water partition coefficient (Wildman–Crippen LogP) is 1.55. The van der Waals surface area contributed by atoms with Gasteiger partial charge in [-0.2, -0.15) is 0 Å². The summed E-state index contributed by atoms with van der Waals surface area (Å²) in [5, 5.41) is 7.28. The van der Waals surface area contributed by atoms with Gasteiger partial charge in [-0.25, -0.2) is 0 Å². The second kappa shape index (κ2) is 6.64. The zero-order chi connectivity index (χ0) is 16.4. The van der Waals surface area contributed by atoms with Crippen LogP contribution in [0.5, 0.6) is 0 Å². The molecule has 1 atom stereocenters. The van der Waals surface area contributed by atoms with E-state index in [-0.39, 0.29) is 44.6 Å². The fraction of sp³-hybridized carbons (Fsp3) is 0.333. The summed E-state index contributed by atoms with van der Waals surface area (Å²) < 4.78 is 0.152. The van der Waals surface area contributed by atoms with Gasteiger partial charge in [0.15, 0.2) is 0 Å². The predicted molar refractivity (Wildman–Crippen MR) is 82.3 cm³/mol. The van der Waals surface area contributed by atoms with Crippen LogP contribution in [-0.4, -0.2) is 29.7 Å². The Labute approximate surface area is 139 Å². The molecule has 0 radical (unpaired) electrons. The lowest BCUT2D eigenvalue weighted by Gasteiger charge is -2.21. The Hall–Kier alpha value is -1.64. The highest BCUT2D eigenvalue weighted by Gasteiger charge is 2.30. The van der Waals surface area contributed by atoms with E-state index in [2.05, 4.69) is 16.0 Å². The number of nitrogens with one attached hydrogen (secondary N) is 3. The third-order valence-corrected chi connectivity index (χ3v) is 4.77. The Bertz CT molecular complexity index is 674. The second-order valence-electron chi connectivity index (χ2n) is 4.55. The Morgan fingerprint density at radius 3 is 2.59 bits per heavy atom. The van der Waals surface area contributed by atoms with Crippen molar-refractivity contribution in [3.63, 3.8) is 0 Å². The molecule has 7 nitrogen and oxygen atoms in total. The van der Waals surface area contributed by atoms with Gasteiger partial charge in [0.25, 0.3) is 5.91 Å². The number of thiophene rings is 1. The van der Waals surface area contributed by atoms with E-state index in [1.165, 1.54) is 6.92 Å². The molecule has 4 amide bonds. The fourth-order valence-electron chi connectivity index (χ4n) is 1.90. The lowest BCUT2D eigenvalue weighted by atomic mass is 10.1. The van der Waals surface area contributed by atoms with Crippen molar-refractivity contribution in [2.24, 2.45) is 0 Å². The first-order valence-corrected chi connectivity index (χ1v) is 7.76. The minimum absolute atomic E-state index is 0.000195. The Kier molecular flexibility index (Phi) is 5.05. The first-order chi connectivity index (χ1) is 10.3. The SMILES string of the molecule is CC(=O)Nc1sc(Cl)c(Cl)c1C(=O)NC1CCC(=O)NC1=O. The van der Waals surface area contributed by atoms with Crippen LogP contribution in [0, 0.1) is 0 Å². The van der Waals surface area contributed by atoms with E-state index in [0.717, 1.165) is 11.3 Å². The molecule has 1 aromatic rings. The summed E-state index contributed by atoms with van der Waals surface area (Å²) >= 11 is 12.8. The number of rotatable bonds is 3. The van der Waals surface area contributed by atoms with Crippen molar-refractivity contribution in [1.29, 1.82) is 0 Å². The lowest BCUT2D eigenvalue weighted by molar-refractivity contribution is -0.134. The first kappa shape index (κ1) is 16.7. The number of piperidine rings is 1. The van der Waals surface area contributed by atoms with Gasteiger partial charge in [-0.05, 0) is 6.42 Å². The van der Waals surface area contributed by atoms with Gasteiger partial charge in [0.05, 0.1) is 10.6 Å². The molecule has 1 aromatic heterocycles. The molecule has 0 aliphatic carbocycles. The molecule has 0 saturated carbocycles. The summed E-state index contributed by atoms with van der Waals surface area (Å²) in [5.74, 6) is -2.00. The fourth-order valence-corrected chi connectivity index (χ4v) is 3.44. The van der Waals surface area contributed by atoms with E-state index >= 15 is 0 Å². The van der Waals surface area contributed by atoms with Gasteiger partial charge in [0.2, 0.25) is 17.7 Å². The van der Waals surface area contributed by atoms with Crippen molar-refractivity contribution in [1.82, 2.24) is 10.6 Å². The summed E-state index contributed by atoms with van der Waals surface area (Å²) in [5.41, 5.74) is -0.00318. The van der Waals surface area contributed by atoms with Crippen LogP contribution in [0.2, 0.25) is 9.36 Å². The third kappa shape index (κ3) is 3.57. The second-order valence-corrected chi connectivity index (χ2v) is 6.55. The molecule has 1 fully saturated rings. The van der Waals surface area contributed by atoms with Crippen molar-refractivity contribution in [3.8, 4) is 0 Å². The van der Waals surface area contributed by atoms with Crippen molar-refractivity contribution < 1.29 is 19.2 Å². The largest absolute Gasteiger partial charge is 0.340 e. The quantitative estimate of drug-likeness (QED) is 0.708. The Morgan fingerprint density at radius 2 is 2.00 bits per heavy atom. The van der Waals surface area contributed by atoms with Crippen LogP contribution in [0.25, 0.3) is 0 Å². The van der Waals surface area contributed by atoms with E-state index < -0.39 is 17.9 Å². The molecule has 0 aromatic carbocycles. The zero-order valence-electron chi connectivity index (χ0n) is 11.3. The molecule has 0 bridgehead atoms. The zero-order valence-corrected chi connectivity index (χ0v) is 13.6. The highest BCUT2D eigenvalue weighted by atomic mass is 35.5. The normalized spacial score (nSPS) is 17.9. The number of hydrogen-bond acceptors (Lipinski definition) is 5. The molecule has 2 heterocycles. The molecule has 1 aliphatic heterocycles. The van der Waals surface area contributed by atoms with Gasteiger partial charge >= 0.3 is 0 Å². The smallest absolute Gasteiger partial charge is 0.256 e. The summed E-state index contributed by atoms with van der Waals surface area (Å²) in [4.78, 5) is 46.2. The Balaban J connectivity index is 2.20. The number of carbonyl (C=O) groups excluding carboxylic acids is 4. The highest BCUT2D eigenvalue weighted by Crippen LogP contribution is 2.40. The van der Waals surface area contributed by atoms with E-state index in [9.17, 15) is 19.2 Å². The lowest BCUT2D eigenvalue weighted by Crippen LogP contribution is -2.52. The molecule has 2 rings (SSSR count). The van der Waals surface area contributed by atoms with Crippen LogP contribution < -0.4 is 16.0 Å².